The average Bonchev–Trinajstić information content (AvgIpc) is 2.86. The highest BCUT2D eigenvalue weighted by atomic mass is 16.5. The number of likely N-dealkylation sites (tertiary alicyclic amines) is 1. The molecule has 100 valence electrons. The number of methoxy groups -OCH3 is 1. The molecule has 1 aromatic rings. The van der Waals surface area contributed by atoms with Gasteiger partial charge >= 0.3 is 5.97 Å². The Bertz CT molecular complexity index is 403. The molecule has 1 aliphatic heterocycles. The first-order chi connectivity index (χ1) is 8.74. The Hall–Kier alpha value is -1.36. The smallest absolute Gasteiger partial charge is 0.323 e. The van der Waals surface area contributed by atoms with Crippen molar-refractivity contribution < 1.29 is 9.53 Å². The summed E-state index contributed by atoms with van der Waals surface area (Å²) in [4.78, 5) is 13.9. The van der Waals surface area contributed by atoms with Crippen LogP contribution in [0.25, 0.3) is 0 Å². The third-order valence-corrected chi connectivity index (χ3v) is 3.48. The average molecular weight is 251 g/mol. The van der Waals surface area contributed by atoms with Crippen LogP contribution in [0.1, 0.15) is 31.7 Å². The second kappa shape index (κ2) is 6.00. The Labute approximate surface area is 108 Å². The molecule has 0 saturated carbocycles. The normalized spacial score (nSPS) is 20.9. The zero-order chi connectivity index (χ0) is 13.0. The fraction of sp³-hybridized carbons (Fsp3) is 0.692. The molecule has 1 atom stereocenters. The van der Waals surface area contributed by atoms with E-state index in [0.717, 1.165) is 44.5 Å². The predicted octanol–water partition coefficient (Wildman–Crippen LogP) is 1.43. The van der Waals surface area contributed by atoms with Gasteiger partial charge in [-0.15, -0.1) is 0 Å². The van der Waals surface area contributed by atoms with Crippen molar-refractivity contribution in [3.05, 3.63) is 18.0 Å². The van der Waals surface area contributed by atoms with Crippen LogP contribution >= 0.6 is 0 Å². The topological polar surface area (TPSA) is 47.4 Å². The SMILES string of the molecule is CCn1cc(CN2CCCCC2C(=O)OC)cn1. The number of rotatable bonds is 4. The molecule has 1 aliphatic rings. The molecule has 0 amide bonds. The van der Waals surface area contributed by atoms with Crippen LogP contribution in [0.2, 0.25) is 0 Å². The van der Waals surface area contributed by atoms with Gasteiger partial charge in [-0.3, -0.25) is 14.4 Å². The first kappa shape index (κ1) is 13.1. The molecule has 1 unspecified atom stereocenters. The first-order valence-corrected chi connectivity index (χ1v) is 6.57. The number of piperidine rings is 1. The summed E-state index contributed by atoms with van der Waals surface area (Å²) in [6.45, 7) is 4.67. The van der Waals surface area contributed by atoms with Crippen LogP contribution in [0.15, 0.2) is 12.4 Å². The van der Waals surface area contributed by atoms with Crippen molar-refractivity contribution in [1.82, 2.24) is 14.7 Å². The van der Waals surface area contributed by atoms with Crippen molar-refractivity contribution in [2.45, 2.75) is 45.3 Å². The molecular formula is C13H21N3O2. The third kappa shape index (κ3) is 2.90. The highest BCUT2D eigenvalue weighted by Crippen LogP contribution is 2.20. The summed E-state index contributed by atoms with van der Waals surface area (Å²) in [6.07, 6.45) is 7.07. The Morgan fingerprint density at radius 1 is 1.56 bits per heavy atom. The van der Waals surface area contributed by atoms with Crippen LogP contribution in [-0.2, 0) is 22.6 Å². The van der Waals surface area contributed by atoms with E-state index in [4.69, 9.17) is 4.74 Å². The Morgan fingerprint density at radius 2 is 2.39 bits per heavy atom. The summed E-state index contributed by atoms with van der Waals surface area (Å²) in [7, 11) is 1.46. The predicted molar refractivity (Wildman–Crippen MR) is 68.0 cm³/mol. The van der Waals surface area contributed by atoms with E-state index < -0.39 is 0 Å². The van der Waals surface area contributed by atoms with Gasteiger partial charge in [0.15, 0.2) is 0 Å². The quantitative estimate of drug-likeness (QED) is 0.760. The van der Waals surface area contributed by atoms with Gasteiger partial charge in [-0.25, -0.2) is 0 Å². The Morgan fingerprint density at radius 3 is 3.06 bits per heavy atom. The molecule has 5 heteroatoms. The molecule has 1 aromatic heterocycles. The molecular weight excluding hydrogens is 230 g/mol. The lowest BCUT2D eigenvalue weighted by Crippen LogP contribution is -2.44. The zero-order valence-electron chi connectivity index (χ0n) is 11.1. The summed E-state index contributed by atoms with van der Waals surface area (Å²) >= 11 is 0. The van der Waals surface area contributed by atoms with E-state index in [0.29, 0.717) is 0 Å². The maximum atomic E-state index is 11.7. The molecule has 1 fully saturated rings. The van der Waals surface area contributed by atoms with Crippen molar-refractivity contribution >= 4 is 5.97 Å². The van der Waals surface area contributed by atoms with E-state index in [-0.39, 0.29) is 12.0 Å². The molecule has 0 radical (unpaired) electrons. The van der Waals surface area contributed by atoms with Gasteiger partial charge in [0, 0.05) is 24.8 Å². The van der Waals surface area contributed by atoms with Crippen LogP contribution in [0.3, 0.4) is 0 Å². The number of hydrogen-bond acceptors (Lipinski definition) is 4. The molecule has 2 heterocycles. The summed E-state index contributed by atoms with van der Waals surface area (Å²) in [5.74, 6) is -0.113. The van der Waals surface area contributed by atoms with Gasteiger partial charge in [0.1, 0.15) is 6.04 Å². The van der Waals surface area contributed by atoms with Crippen molar-refractivity contribution in [2.75, 3.05) is 13.7 Å². The molecule has 18 heavy (non-hydrogen) atoms. The van der Waals surface area contributed by atoms with E-state index >= 15 is 0 Å². The number of ether oxygens (including phenoxy) is 1. The number of nitrogens with zero attached hydrogens (tertiary/aromatic N) is 3. The first-order valence-electron chi connectivity index (χ1n) is 6.57. The number of esters is 1. The van der Waals surface area contributed by atoms with Crippen LogP contribution in [-0.4, -0.2) is 40.3 Å². The van der Waals surface area contributed by atoms with Crippen LogP contribution in [0.4, 0.5) is 0 Å². The highest BCUT2D eigenvalue weighted by Gasteiger charge is 2.29. The fourth-order valence-electron chi connectivity index (χ4n) is 2.48. The number of aryl methyl sites for hydroxylation is 1. The van der Waals surface area contributed by atoms with Gasteiger partial charge in [-0.2, -0.15) is 5.10 Å². The van der Waals surface area contributed by atoms with Crippen LogP contribution < -0.4 is 0 Å². The maximum Gasteiger partial charge on any atom is 0.323 e. The summed E-state index contributed by atoms with van der Waals surface area (Å²) in [6, 6.07) is -0.0891. The Balaban J connectivity index is 2.02. The summed E-state index contributed by atoms with van der Waals surface area (Å²) in [5, 5.41) is 4.26. The van der Waals surface area contributed by atoms with E-state index in [1.807, 2.05) is 17.1 Å². The van der Waals surface area contributed by atoms with Gasteiger partial charge in [-0.05, 0) is 26.3 Å². The molecule has 1 saturated heterocycles. The van der Waals surface area contributed by atoms with Crippen LogP contribution in [0, 0.1) is 0 Å². The van der Waals surface area contributed by atoms with E-state index in [9.17, 15) is 4.79 Å². The lowest BCUT2D eigenvalue weighted by Gasteiger charge is -2.33. The molecule has 0 bridgehead atoms. The largest absolute Gasteiger partial charge is 0.468 e. The van der Waals surface area contributed by atoms with Gasteiger partial charge in [0.05, 0.1) is 13.3 Å². The van der Waals surface area contributed by atoms with Crippen molar-refractivity contribution in [2.24, 2.45) is 0 Å². The molecule has 0 aromatic carbocycles. The van der Waals surface area contributed by atoms with Gasteiger partial charge in [-0.1, -0.05) is 6.42 Å². The monoisotopic (exact) mass is 251 g/mol. The van der Waals surface area contributed by atoms with Gasteiger partial charge < -0.3 is 4.74 Å². The number of carbonyl (C=O) groups is 1. The Kier molecular flexibility index (Phi) is 4.36. The van der Waals surface area contributed by atoms with Crippen LogP contribution in [0.5, 0.6) is 0 Å². The van der Waals surface area contributed by atoms with Crippen molar-refractivity contribution in [3.63, 3.8) is 0 Å². The second-order valence-electron chi connectivity index (χ2n) is 4.71. The van der Waals surface area contributed by atoms with Gasteiger partial charge in [0.25, 0.3) is 0 Å². The number of hydrogen-bond donors (Lipinski definition) is 0. The highest BCUT2D eigenvalue weighted by molar-refractivity contribution is 5.75. The van der Waals surface area contributed by atoms with Crippen molar-refractivity contribution in [1.29, 1.82) is 0 Å². The van der Waals surface area contributed by atoms with E-state index in [2.05, 4.69) is 16.9 Å². The summed E-state index contributed by atoms with van der Waals surface area (Å²) in [5.41, 5.74) is 1.16. The lowest BCUT2D eigenvalue weighted by atomic mass is 10.0. The van der Waals surface area contributed by atoms with Crippen molar-refractivity contribution in [3.8, 4) is 0 Å². The standard InChI is InChI=1S/C13H21N3O2/c1-3-16-10-11(8-14-16)9-15-7-5-4-6-12(15)13(17)18-2/h8,10,12H,3-7,9H2,1-2H3. The second-order valence-corrected chi connectivity index (χ2v) is 4.71. The minimum atomic E-state index is -0.113. The number of aromatic nitrogens is 2. The molecule has 0 spiro atoms. The molecule has 0 N–H and O–H groups in total. The molecule has 2 rings (SSSR count). The minimum Gasteiger partial charge on any atom is -0.468 e. The van der Waals surface area contributed by atoms with E-state index in [1.54, 1.807) is 0 Å². The lowest BCUT2D eigenvalue weighted by molar-refractivity contribution is -0.148. The number of carbonyl (C=O) groups excluding carboxylic acids is 1. The maximum absolute atomic E-state index is 11.7. The third-order valence-electron chi connectivity index (χ3n) is 3.48. The van der Waals surface area contributed by atoms with Gasteiger partial charge in [0.2, 0.25) is 0 Å². The zero-order valence-corrected chi connectivity index (χ0v) is 11.1. The molecule has 0 aliphatic carbocycles. The molecule has 5 nitrogen and oxygen atoms in total. The minimum absolute atomic E-state index is 0.0891. The fourth-order valence-corrected chi connectivity index (χ4v) is 2.48. The summed E-state index contributed by atoms with van der Waals surface area (Å²) < 4.78 is 6.79. The van der Waals surface area contributed by atoms with E-state index in [1.165, 1.54) is 7.11 Å².